The van der Waals surface area contributed by atoms with Crippen LogP contribution in [0.15, 0.2) is 30.5 Å². The number of nitrogens with two attached hydrogens (primary N) is 1. The predicted molar refractivity (Wildman–Crippen MR) is 65.5 cm³/mol. The maximum Gasteiger partial charge on any atom is 0.145 e. The number of hydrogen-bond acceptors (Lipinski definition) is 3. The number of benzene rings is 1. The Morgan fingerprint density at radius 3 is 2.88 bits per heavy atom. The van der Waals surface area contributed by atoms with Crippen LogP contribution in [0.1, 0.15) is 24.9 Å². The number of fused-ring (bicyclic) bond motifs is 1. The average molecular weight is 216 g/mol. The van der Waals surface area contributed by atoms with Gasteiger partial charge in [-0.1, -0.05) is 19.1 Å². The van der Waals surface area contributed by atoms with Crippen molar-refractivity contribution in [1.82, 2.24) is 4.98 Å². The van der Waals surface area contributed by atoms with Gasteiger partial charge in [0.1, 0.15) is 11.3 Å². The summed E-state index contributed by atoms with van der Waals surface area (Å²) in [6.45, 7) is 2.08. The monoisotopic (exact) mass is 216 g/mol. The van der Waals surface area contributed by atoms with E-state index in [1.807, 2.05) is 24.3 Å². The highest BCUT2D eigenvalue weighted by atomic mass is 16.5. The molecule has 1 aromatic carbocycles. The number of nitrogens with zero attached hydrogens (tertiary/aromatic N) is 1. The highest BCUT2D eigenvalue weighted by molar-refractivity contribution is 5.87. The van der Waals surface area contributed by atoms with Crippen LogP contribution in [0, 0.1) is 0 Å². The van der Waals surface area contributed by atoms with Crippen molar-refractivity contribution < 1.29 is 4.74 Å². The number of ether oxygens (including phenoxy) is 1. The van der Waals surface area contributed by atoms with E-state index < -0.39 is 0 Å². The van der Waals surface area contributed by atoms with Crippen LogP contribution in [0.5, 0.6) is 5.75 Å². The van der Waals surface area contributed by atoms with Crippen molar-refractivity contribution in [2.45, 2.75) is 19.4 Å². The molecule has 2 N–H and O–H groups in total. The molecule has 0 aliphatic heterocycles. The van der Waals surface area contributed by atoms with Gasteiger partial charge in [0, 0.05) is 17.6 Å². The van der Waals surface area contributed by atoms with Crippen LogP contribution in [-0.2, 0) is 0 Å². The first-order valence-corrected chi connectivity index (χ1v) is 5.45. The molecule has 0 fully saturated rings. The van der Waals surface area contributed by atoms with Crippen molar-refractivity contribution in [3.63, 3.8) is 0 Å². The molecular weight excluding hydrogens is 200 g/mol. The maximum atomic E-state index is 6.08. The lowest BCUT2D eigenvalue weighted by Crippen LogP contribution is -2.09. The van der Waals surface area contributed by atoms with Gasteiger partial charge in [-0.15, -0.1) is 0 Å². The molecule has 3 heteroatoms. The standard InChI is InChI=1S/C13H16N2O/c1-3-11(14)9-6-7-12(16-2)13-10(9)5-4-8-15-13/h4-8,11H,3,14H2,1-2H3. The second kappa shape index (κ2) is 4.49. The molecular formula is C13H16N2O. The highest BCUT2D eigenvalue weighted by Gasteiger charge is 2.11. The summed E-state index contributed by atoms with van der Waals surface area (Å²) in [5.41, 5.74) is 8.10. The van der Waals surface area contributed by atoms with Crippen molar-refractivity contribution >= 4 is 10.9 Å². The Bertz CT molecular complexity index is 496. The van der Waals surface area contributed by atoms with Crippen LogP contribution in [0.2, 0.25) is 0 Å². The van der Waals surface area contributed by atoms with E-state index in [1.54, 1.807) is 13.3 Å². The third kappa shape index (κ3) is 1.74. The number of methoxy groups -OCH3 is 1. The van der Waals surface area contributed by atoms with Gasteiger partial charge >= 0.3 is 0 Å². The fraction of sp³-hybridized carbons (Fsp3) is 0.308. The van der Waals surface area contributed by atoms with Crippen molar-refractivity contribution in [2.24, 2.45) is 5.73 Å². The normalized spacial score (nSPS) is 12.7. The van der Waals surface area contributed by atoms with E-state index in [2.05, 4.69) is 11.9 Å². The van der Waals surface area contributed by atoms with Gasteiger partial charge in [0.25, 0.3) is 0 Å². The Labute approximate surface area is 95.2 Å². The Morgan fingerprint density at radius 2 is 2.19 bits per heavy atom. The van der Waals surface area contributed by atoms with Gasteiger partial charge < -0.3 is 10.5 Å². The predicted octanol–water partition coefficient (Wildman–Crippen LogP) is 2.65. The molecule has 0 aliphatic rings. The zero-order valence-corrected chi connectivity index (χ0v) is 9.60. The third-order valence-electron chi connectivity index (χ3n) is 2.83. The lowest BCUT2D eigenvalue weighted by Gasteiger charge is -2.14. The summed E-state index contributed by atoms with van der Waals surface area (Å²) in [5, 5.41) is 1.08. The lowest BCUT2D eigenvalue weighted by molar-refractivity contribution is 0.418. The number of aromatic nitrogens is 1. The first-order valence-electron chi connectivity index (χ1n) is 5.45. The minimum absolute atomic E-state index is 0.0533. The molecule has 1 unspecified atom stereocenters. The van der Waals surface area contributed by atoms with E-state index in [0.717, 1.165) is 28.6 Å². The van der Waals surface area contributed by atoms with Crippen LogP contribution >= 0.6 is 0 Å². The van der Waals surface area contributed by atoms with Crippen LogP contribution in [-0.4, -0.2) is 12.1 Å². The van der Waals surface area contributed by atoms with Gasteiger partial charge in [-0.2, -0.15) is 0 Å². The van der Waals surface area contributed by atoms with Crippen molar-refractivity contribution in [2.75, 3.05) is 7.11 Å². The van der Waals surface area contributed by atoms with Crippen LogP contribution < -0.4 is 10.5 Å². The summed E-state index contributed by atoms with van der Waals surface area (Å²) < 4.78 is 5.29. The number of pyridine rings is 1. The molecule has 1 heterocycles. The fourth-order valence-corrected chi connectivity index (χ4v) is 1.88. The quantitative estimate of drug-likeness (QED) is 0.858. The fourth-order valence-electron chi connectivity index (χ4n) is 1.88. The Morgan fingerprint density at radius 1 is 1.38 bits per heavy atom. The molecule has 0 saturated heterocycles. The van der Waals surface area contributed by atoms with Crippen molar-refractivity contribution in [3.8, 4) is 5.75 Å². The molecule has 0 radical (unpaired) electrons. The molecule has 2 rings (SSSR count). The molecule has 1 atom stereocenters. The second-order valence-electron chi connectivity index (χ2n) is 3.77. The number of rotatable bonds is 3. The minimum Gasteiger partial charge on any atom is -0.494 e. The maximum absolute atomic E-state index is 6.08. The summed E-state index contributed by atoms with van der Waals surface area (Å²) in [7, 11) is 1.66. The first-order chi connectivity index (χ1) is 7.77. The SMILES string of the molecule is CCC(N)c1ccc(OC)c2ncccc12. The molecule has 0 saturated carbocycles. The smallest absolute Gasteiger partial charge is 0.145 e. The summed E-state index contributed by atoms with van der Waals surface area (Å²) in [4.78, 5) is 4.35. The minimum atomic E-state index is 0.0533. The summed E-state index contributed by atoms with van der Waals surface area (Å²) >= 11 is 0. The third-order valence-corrected chi connectivity index (χ3v) is 2.83. The summed E-state index contributed by atoms with van der Waals surface area (Å²) in [6.07, 6.45) is 2.68. The van der Waals surface area contributed by atoms with Crippen LogP contribution in [0.25, 0.3) is 10.9 Å². The Hall–Kier alpha value is -1.61. The topological polar surface area (TPSA) is 48.1 Å². The van der Waals surface area contributed by atoms with Crippen LogP contribution in [0.4, 0.5) is 0 Å². The zero-order chi connectivity index (χ0) is 11.5. The van der Waals surface area contributed by atoms with Crippen molar-refractivity contribution in [1.29, 1.82) is 0 Å². The van der Waals surface area contributed by atoms with Gasteiger partial charge in [-0.05, 0) is 24.1 Å². The molecule has 0 amide bonds. The van der Waals surface area contributed by atoms with Gasteiger partial charge in [0.2, 0.25) is 0 Å². The molecule has 1 aromatic heterocycles. The molecule has 16 heavy (non-hydrogen) atoms. The van der Waals surface area contributed by atoms with Gasteiger partial charge in [-0.3, -0.25) is 4.98 Å². The lowest BCUT2D eigenvalue weighted by atomic mass is 10.00. The molecule has 84 valence electrons. The number of hydrogen-bond donors (Lipinski definition) is 1. The van der Waals surface area contributed by atoms with Gasteiger partial charge in [0.05, 0.1) is 7.11 Å². The van der Waals surface area contributed by atoms with E-state index in [4.69, 9.17) is 10.5 Å². The van der Waals surface area contributed by atoms with E-state index in [0.29, 0.717) is 0 Å². The average Bonchev–Trinajstić information content (AvgIpc) is 2.36. The Balaban J connectivity index is 2.69. The van der Waals surface area contributed by atoms with Gasteiger partial charge in [0.15, 0.2) is 0 Å². The van der Waals surface area contributed by atoms with Crippen molar-refractivity contribution in [3.05, 3.63) is 36.0 Å². The molecule has 0 bridgehead atoms. The highest BCUT2D eigenvalue weighted by Crippen LogP contribution is 2.29. The molecule has 2 aromatic rings. The first kappa shape index (κ1) is 10.9. The van der Waals surface area contributed by atoms with Gasteiger partial charge in [-0.25, -0.2) is 0 Å². The second-order valence-corrected chi connectivity index (χ2v) is 3.77. The largest absolute Gasteiger partial charge is 0.494 e. The molecule has 0 spiro atoms. The summed E-state index contributed by atoms with van der Waals surface area (Å²) in [5.74, 6) is 0.794. The summed E-state index contributed by atoms with van der Waals surface area (Å²) in [6, 6.07) is 7.97. The van der Waals surface area contributed by atoms with E-state index in [1.165, 1.54) is 0 Å². The van der Waals surface area contributed by atoms with E-state index in [-0.39, 0.29) is 6.04 Å². The van der Waals surface area contributed by atoms with E-state index in [9.17, 15) is 0 Å². The zero-order valence-electron chi connectivity index (χ0n) is 9.60. The van der Waals surface area contributed by atoms with Crippen LogP contribution in [0.3, 0.4) is 0 Å². The Kier molecular flexibility index (Phi) is 3.06. The van der Waals surface area contributed by atoms with E-state index >= 15 is 0 Å². The molecule has 3 nitrogen and oxygen atoms in total. The molecule has 0 aliphatic carbocycles.